The molecule has 0 aromatic carbocycles. The first-order valence-corrected chi connectivity index (χ1v) is 3.73. The Labute approximate surface area is 74.7 Å². The molecular weight excluding hydrogens is 180 g/mol. The minimum Gasteiger partial charge on any atom is -0.479 e. The van der Waals surface area contributed by atoms with E-state index in [-0.39, 0.29) is 6.61 Å². The molecule has 0 bridgehead atoms. The number of ether oxygens (including phenoxy) is 1. The number of carbonyl (C=O) groups is 2. The SMILES string of the molecule is CCOC(=O)CC(O)C(O)C(=O)O. The summed E-state index contributed by atoms with van der Waals surface area (Å²) < 4.78 is 4.44. The predicted octanol–water partition coefficient (Wildman–Crippen LogP) is -1.25. The van der Waals surface area contributed by atoms with Crippen molar-refractivity contribution in [3.05, 3.63) is 0 Å². The molecule has 0 spiro atoms. The molecule has 76 valence electrons. The van der Waals surface area contributed by atoms with Crippen LogP contribution in [0.5, 0.6) is 0 Å². The Morgan fingerprint density at radius 2 is 1.92 bits per heavy atom. The zero-order valence-electron chi connectivity index (χ0n) is 7.14. The van der Waals surface area contributed by atoms with Gasteiger partial charge in [-0.1, -0.05) is 0 Å². The number of aliphatic carboxylic acids is 1. The lowest BCUT2D eigenvalue weighted by atomic mass is 10.1. The minimum atomic E-state index is -1.95. The van der Waals surface area contributed by atoms with Crippen LogP contribution >= 0.6 is 0 Å². The molecule has 6 nitrogen and oxygen atoms in total. The van der Waals surface area contributed by atoms with Crippen molar-refractivity contribution in [1.29, 1.82) is 0 Å². The lowest BCUT2D eigenvalue weighted by molar-refractivity contribution is -0.156. The number of aliphatic hydroxyl groups excluding tert-OH is 2. The molecule has 0 aliphatic rings. The van der Waals surface area contributed by atoms with Crippen molar-refractivity contribution in [3.8, 4) is 0 Å². The second-order valence-electron chi connectivity index (χ2n) is 2.36. The summed E-state index contributed by atoms with van der Waals surface area (Å²) in [5.41, 5.74) is 0. The van der Waals surface area contributed by atoms with Crippen LogP contribution in [-0.4, -0.2) is 46.1 Å². The molecule has 0 radical (unpaired) electrons. The molecule has 2 unspecified atom stereocenters. The van der Waals surface area contributed by atoms with Gasteiger partial charge in [0.2, 0.25) is 0 Å². The standard InChI is InChI=1S/C7H12O6/c1-2-13-5(9)3-4(8)6(10)7(11)12/h4,6,8,10H,2-3H2,1H3,(H,11,12). The van der Waals surface area contributed by atoms with E-state index in [1.807, 2.05) is 0 Å². The number of carboxylic acid groups (broad SMARTS) is 1. The molecular formula is C7H12O6. The quantitative estimate of drug-likeness (QED) is 0.470. The van der Waals surface area contributed by atoms with E-state index in [0.29, 0.717) is 0 Å². The monoisotopic (exact) mass is 192 g/mol. The summed E-state index contributed by atoms with van der Waals surface area (Å²) in [6, 6.07) is 0. The molecule has 0 rings (SSSR count). The Hall–Kier alpha value is -1.14. The van der Waals surface area contributed by atoms with E-state index in [9.17, 15) is 9.59 Å². The summed E-state index contributed by atoms with van der Waals surface area (Å²) >= 11 is 0. The van der Waals surface area contributed by atoms with Crippen molar-refractivity contribution in [1.82, 2.24) is 0 Å². The van der Waals surface area contributed by atoms with Crippen LogP contribution in [0, 0.1) is 0 Å². The summed E-state index contributed by atoms with van der Waals surface area (Å²) in [7, 11) is 0. The van der Waals surface area contributed by atoms with Crippen molar-refractivity contribution >= 4 is 11.9 Å². The number of esters is 1. The zero-order chi connectivity index (χ0) is 10.4. The molecule has 13 heavy (non-hydrogen) atoms. The molecule has 0 saturated heterocycles. The largest absolute Gasteiger partial charge is 0.479 e. The van der Waals surface area contributed by atoms with E-state index in [2.05, 4.69) is 4.74 Å². The van der Waals surface area contributed by atoms with E-state index in [1.54, 1.807) is 6.92 Å². The average molecular weight is 192 g/mol. The number of carboxylic acids is 1. The molecule has 0 aliphatic heterocycles. The maximum absolute atomic E-state index is 10.7. The van der Waals surface area contributed by atoms with Gasteiger partial charge in [0.05, 0.1) is 13.0 Å². The van der Waals surface area contributed by atoms with Crippen molar-refractivity contribution in [3.63, 3.8) is 0 Å². The van der Waals surface area contributed by atoms with E-state index >= 15 is 0 Å². The van der Waals surface area contributed by atoms with Gasteiger partial charge in [0.25, 0.3) is 0 Å². The topological polar surface area (TPSA) is 104 Å². The molecule has 0 aliphatic carbocycles. The van der Waals surface area contributed by atoms with Crippen molar-refractivity contribution in [2.24, 2.45) is 0 Å². The summed E-state index contributed by atoms with van der Waals surface area (Å²) in [6.07, 6.45) is -4.11. The third-order valence-corrected chi connectivity index (χ3v) is 1.30. The Morgan fingerprint density at radius 1 is 1.38 bits per heavy atom. The molecule has 0 fully saturated rings. The summed E-state index contributed by atoms with van der Waals surface area (Å²) in [4.78, 5) is 20.8. The van der Waals surface area contributed by atoms with Gasteiger partial charge in [0.1, 0.15) is 6.10 Å². The van der Waals surface area contributed by atoms with Gasteiger partial charge in [-0.15, -0.1) is 0 Å². The van der Waals surface area contributed by atoms with Crippen LogP contribution in [0.3, 0.4) is 0 Å². The third kappa shape index (κ3) is 4.44. The fraction of sp³-hybridized carbons (Fsp3) is 0.714. The van der Waals surface area contributed by atoms with Crippen LogP contribution < -0.4 is 0 Å². The summed E-state index contributed by atoms with van der Waals surface area (Å²) in [5.74, 6) is -2.31. The normalized spacial score (nSPS) is 14.7. The highest BCUT2D eigenvalue weighted by atomic mass is 16.5. The van der Waals surface area contributed by atoms with E-state index in [4.69, 9.17) is 15.3 Å². The van der Waals surface area contributed by atoms with E-state index < -0.39 is 30.6 Å². The number of hydrogen-bond donors (Lipinski definition) is 3. The summed E-state index contributed by atoms with van der Waals surface area (Å²) in [6.45, 7) is 1.73. The predicted molar refractivity (Wildman–Crippen MR) is 40.9 cm³/mol. The third-order valence-electron chi connectivity index (χ3n) is 1.30. The second kappa shape index (κ2) is 5.50. The first-order valence-electron chi connectivity index (χ1n) is 3.73. The molecule has 0 saturated carbocycles. The van der Waals surface area contributed by atoms with Crippen LogP contribution in [0.1, 0.15) is 13.3 Å². The number of hydrogen-bond acceptors (Lipinski definition) is 5. The lowest BCUT2D eigenvalue weighted by Gasteiger charge is -2.12. The fourth-order valence-electron chi connectivity index (χ4n) is 0.667. The first kappa shape index (κ1) is 11.9. The maximum Gasteiger partial charge on any atom is 0.335 e. The molecule has 0 aromatic heterocycles. The van der Waals surface area contributed by atoms with E-state index in [1.165, 1.54) is 0 Å². The Balaban J connectivity index is 3.92. The Bertz CT molecular complexity index is 189. The fourth-order valence-corrected chi connectivity index (χ4v) is 0.667. The van der Waals surface area contributed by atoms with Gasteiger partial charge in [0.15, 0.2) is 6.10 Å². The number of rotatable bonds is 5. The zero-order valence-corrected chi connectivity index (χ0v) is 7.14. The molecule has 0 heterocycles. The average Bonchev–Trinajstić information content (AvgIpc) is 2.03. The van der Waals surface area contributed by atoms with Gasteiger partial charge in [-0.25, -0.2) is 4.79 Å². The van der Waals surface area contributed by atoms with Crippen LogP contribution in [0.2, 0.25) is 0 Å². The van der Waals surface area contributed by atoms with Crippen LogP contribution in [-0.2, 0) is 14.3 Å². The van der Waals surface area contributed by atoms with Gasteiger partial charge in [-0.2, -0.15) is 0 Å². The van der Waals surface area contributed by atoms with Crippen LogP contribution in [0.15, 0.2) is 0 Å². The smallest absolute Gasteiger partial charge is 0.335 e. The first-order chi connectivity index (χ1) is 5.99. The van der Waals surface area contributed by atoms with Crippen molar-refractivity contribution in [2.75, 3.05) is 6.61 Å². The van der Waals surface area contributed by atoms with Crippen molar-refractivity contribution in [2.45, 2.75) is 25.6 Å². The Kier molecular flexibility index (Phi) is 5.01. The van der Waals surface area contributed by atoms with Gasteiger partial charge < -0.3 is 20.1 Å². The molecule has 3 N–H and O–H groups in total. The van der Waals surface area contributed by atoms with Crippen LogP contribution in [0.4, 0.5) is 0 Å². The van der Waals surface area contributed by atoms with Gasteiger partial charge >= 0.3 is 11.9 Å². The molecule has 0 amide bonds. The van der Waals surface area contributed by atoms with Gasteiger partial charge in [-0.05, 0) is 6.92 Å². The molecule has 0 aromatic rings. The number of carbonyl (C=O) groups excluding carboxylic acids is 1. The Morgan fingerprint density at radius 3 is 2.31 bits per heavy atom. The highest BCUT2D eigenvalue weighted by Crippen LogP contribution is 2.01. The highest BCUT2D eigenvalue weighted by molar-refractivity contribution is 5.75. The molecule has 2 atom stereocenters. The second-order valence-corrected chi connectivity index (χ2v) is 2.36. The minimum absolute atomic E-state index is 0.148. The van der Waals surface area contributed by atoms with Crippen LogP contribution in [0.25, 0.3) is 0 Å². The van der Waals surface area contributed by atoms with Crippen molar-refractivity contribution < 1.29 is 29.6 Å². The molecule has 6 heteroatoms. The maximum atomic E-state index is 10.7. The number of aliphatic hydroxyl groups is 2. The summed E-state index contributed by atoms with van der Waals surface area (Å²) in [5, 5.41) is 25.9. The van der Waals surface area contributed by atoms with Gasteiger partial charge in [-0.3, -0.25) is 4.79 Å². The lowest BCUT2D eigenvalue weighted by Crippen LogP contribution is -2.35. The van der Waals surface area contributed by atoms with Gasteiger partial charge in [0, 0.05) is 0 Å². The highest BCUT2D eigenvalue weighted by Gasteiger charge is 2.26. The van der Waals surface area contributed by atoms with E-state index in [0.717, 1.165) is 0 Å².